The van der Waals surface area contributed by atoms with Crippen LogP contribution in [0.2, 0.25) is 0 Å². The topological polar surface area (TPSA) is 76.1 Å². The summed E-state index contributed by atoms with van der Waals surface area (Å²) in [5, 5.41) is 6.12. The molecule has 0 spiro atoms. The molecular formula is C20H18N4O2. The first kappa shape index (κ1) is 16.1. The third-order valence-electron chi connectivity index (χ3n) is 3.94. The fourth-order valence-electron chi connectivity index (χ4n) is 2.46. The molecule has 2 aromatic carbocycles. The van der Waals surface area contributed by atoms with Gasteiger partial charge in [0.05, 0.1) is 5.69 Å². The molecule has 1 heterocycles. The zero-order valence-corrected chi connectivity index (χ0v) is 14.1. The number of hydrogen-bond acceptors (Lipinski definition) is 5. The van der Waals surface area contributed by atoms with Gasteiger partial charge in [-0.25, -0.2) is 9.97 Å². The van der Waals surface area contributed by atoms with Crippen LogP contribution in [0.15, 0.2) is 67.0 Å². The van der Waals surface area contributed by atoms with Crippen molar-refractivity contribution in [3.8, 4) is 11.5 Å². The van der Waals surface area contributed by atoms with Crippen LogP contribution in [0.4, 0.5) is 11.5 Å². The minimum atomic E-state index is -0.310. The number of anilines is 2. The van der Waals surface area contributed by atoms with Crippen LogP contribution in [0.5, 0.6) is 11.5 Å². The van der Waals surface area contributed by atoms with Gasteiger partial charge in [-0.1, -0.05) is 30.3 Å². The van der Waals surface area contributed by atoms with E-state index in [2.05, 4.69) is 20.6 Å². The van der Waals surface area contributed by atoms with Crippen LogP contribution in [0.1, 0.15) is 23.3 Å². The Balaban J connectivity index is 1.51. The van der Waals surface area contributed by atoms with E-state index in [9.17, 15) is 4.79 Å². The molecule has 1 aliphatic rings. The summed E-state index contributed by atoms with van der Waals surface area (Å²) in [5.74, 6) is 1.63. The van der Waals surface area contributed by atoms with Crippen LogP contribution in [0.3, 0.4) is 0 Å². The molecule has 6 nitrogen and oxygen atoms in total. The van der Waals surface area contributed by atoms with Gasteiger partial charge in [0.2, 0.25) is 0 Å². The van der Waals surface area contributed by atoms with Crippen molar-refractivity contribution in [2.45, 2.75) is 18.9 Å². The Hall–Kier alpha value is -3.41. The number of carbonyl (C=O) groups is 1. The largest absolute Gasteiger partial charge is 0.455 e. The SMILES string of the molecule is O=C(Nc1ccccc1Oc1ccccc1)c1cc(NC2CC2)ncn1. The molecule has 1 saturated carbocycles. The van der Waals surface area contributed by atoms with Crippen molar-refractivity contribution in [1.82, 2.24) is 9.97 Å². The maximum absolute atomic E-state index is 12.6. The Kier molecular flexibility index (Phi) is 4.47. The van der Waals surface area contributed by atoms with Crippen molar-refractivity contribution < 1.29 is 9.53 Å². The molecule has 130 valence electrons. The Morgan fingerprint density at radius 3 is 2.58 bits per heavy atom. The van der Waals surface area contributed by atoms with Crippen molar-refractivity contribution in [2.24, 2.45) is 0 Å². The molecule has 0 unspecified atom stereocenters. The number of rotatable bonds is 6. The first-order chi connectivity index (χ1) is 12.8. The molecule has 6 heteroatoms. The maximum atomic E-state index is 12.6. The van der Waals surface area contributed by atoms with Crippen LogP contribution in [0.25, 0.3) is 0 Å². The lowest BCUT2D eigenvalue weighted by molar-refractivity contribution is 0.102. The van der Waals surface area contributed by atoms with Gasteiger partial charge in [0.25, 0.3) is 5.91 Å². The van der Waals surface area contributed by atoms with E-state index >= 15 is 0 Å². The summed E-state index contributed by atoms with van der Waals surface area (Å²) in [6.45, 7) is 0. The summed E-state index contributed by atoms with van der Waals surface area (Å²) in [4.78, 5) is 20.8. The quantitative estimate of drug-likeness (QED) is 0.703. The van der Waals surface area contributed by atoms with Crippen LogP contribution in [0, 0.1) is 0 Å². The molecule has 1 fully saturated rings. The lowest BCUT2D eigenvalue weighted by Gasteiger charge is -2.12. The van der Waals surface area contributed by atoms with E-state index in [-0.39, 0.29) is 5.91 Å². The average molecular weight is 346 g/mol. The second-order valence-electron chi connectivity index (χ2n) is 6.07. The fourth-order valence-corrected chi connectivity index (χ4v) is 2.46. The molecule has 2 N–H and O–H groups in total. The Morgan fingerprint density at radius 2 is 1.77 bits per heavy atom. The summed E-state index contributed by atoms with van der Waals surface area (Å²) in [6, 6.07) is 18.8. The number of carbonyl (C=O) groups excluding carboxylic acids is 1. The van der Waals surface area contributed by atoms with E-state index < -0.39 is 0 Å². The number of benzene rings is 2. The number of aromatic nitrogens is 2. The van der Waals surface area contributed by atoms with Crippen LogP contribution >= 0.6 is 0 Å². The highest BCUT2D eigenvalue weighted by Crippen LogP contribution is 2.29. The number of ether oxygens (including phenoxy) is 1. The Labute approximate surface area is 151 Å². The first-order valence-corrected chi connectivity index (χ1v) is 8.50. The third kappa shape index (κ3) is 3.97. The molecule has 26 heavy (non-hydrogen) atoms. The number of nitrogens with one attached hydrogen (secondary N) is 2. The molecule has 1 aromatic heterocycles. The zero-order chi connectivity index (χ0) is 17.8. The molecule has 3 aromatic rings. The van der Waals surface area contributed by atoms with Crippen molar-refractivity contribution in [1.29, 1.82) is 0 Å². The van der Waals surface area contributed by atoms with Crippen molar-refractivity contribution >= 4 is 17.4 Å². The summed E-state index contributed by atoms with van der Waals surface area (Å²) in [5.41, 5.74) is 0.884. The molecule has 0 saturated heterocycles. The maximum Gasteiger partial charge on any atom is 0.274 e. The van der Waals surface area contributed by atoms with Gasteiger partial charge in [0.15, 0.2) is 5.75 Å². The normalized spacial score (nSPS) is 13.1. The predicted molar refractivity (Wildman–Crippen MR) is 99.6 cm³/mol. The summed E-state index contributed by atoms with van der Waals surface area (Å²) in [6.07, 6.45) is 3.66. The lowest BCUT2D eigenvalue weighted by atomic mass is 10.2. The third-order valence-corrected chi connectivity index (χ3v) is 3.94. The minimum Gasteiger partial charge on any atom is -0.455 e. The van der Waals surface area contributed by atoms with Gasteiger partial charge < -0.3 is 15.4 Å². The van der Waals surface area contributed by atoms with E-state index in [0.717, 1.165) is 12.8 Å². The van der Waals surface area contributed by atoms with Gasteiger partial charge in [-0.3, -0.25) is 4.79 Å². The second-order valence-corrected chi connectivity index (χ2v) is 6.07. The summed E-state index contributed by atoms with van der Waals surface area (Å²) < 4.78 is 5.87. The zero-order valence-electron chi connectivity index (χ0n) is 14.1. The highest BCUT2D eigenvalue weighted by atomic mass is 16.5. The van der Waals surface area contributed by atoms with E-state index in [0.29, 0.717) is 34.7 Å². The smallest absolute Gasteiger partial charge is 0.274 e. The lowest BCUT2D eigenvalue weighted by Crippen LogP contribution is -2.15. The predicted octanol–water partition coefficient (Wildman–Crippen LogP) is 4.10. The van der Waals surface area contributed by atoms with Gasteiger partial charge in [-0.2, -0.15) is 0 Å². The highest BCUT2D eigenvalue weighted by molar-refractivity contribution is 6.04. The fraction of sp³-hybridized carbons (Fsp3) is 0.150. The van der Waals surface area contributed by atoms with Gasteiger partial charge in [-0.05, 0) is 37.1 Å². The van der Waals surface area contributed by atoms with Gasteiger partial charge in [0.1, 0.15) is 23.6 Å². The molecule has 1 aliphatic carbocycles. The van der Waals surface area contributed by atoms with E-state index in [1.807, 2.05) is 48.5 Å². The Bertz CT molecular complexity index is 910. The minimum absolute atomic E-state index is 0.303. The summed E-state index contributed by atoms with van der Waals surface area (Å²) in [7, 11) is 0. The molecule has 0 radical (unpaired) electrons. The molecule has 1 amide bonds. The van der Waals surface area contributed by atoms with Gasteiger partial charge >= 0.3 is 0 Å². The number of amides is 1. The average Bonchev–Trinajstić information content (AvgIpc) is 3.48. The number of para-hydroxylation sites is 3. The molecule has 0 aliphatic heterocycles. The van der Waals surface area contributed by atoms with E-state index in [4.69, 9.17) is 4.74 Å². The number of nitrogens with zero attached hydrogens (tertiary/aromatic N) is 2. The van der Waals surface area contributed by atoms with Crippen LogP contribution in [-0.2, 0) is 0 Å². The van der Waals surface area contributed by atoms with Gasteiger partial charge in [-0.15, -0.1) is 0 Å². The van der Waals surface area contributed by atoms with E-state index in [1.165, 1.54) is 6.33 Å². The van der Waals surface area contributed by atoms with Crippen molar-refractivity contribution in [2.75, 3.05) is 10.6 Å². The molecular weight excluding hydrogens is 328 g/mol. The van der Waals surface area contributed by atoms with Crippen LogP contribution < -0.4 is 15.4 Å². The standard InChI is InChI=1S/C20H18N4O2/c25-20(17-12-19(22-13-21-17)23-14-10-11-14)24-16-8-4-5-9-18(16)26-15-6-2-1-3-7-15/h1-9,12-14H,10-11H2,(H,24,25)(H,21,22,23). The van der Waals surface area contributed by atoms with Crippen molar-refractivity contribution in [3.05, 3.63) is 72.7 Å². The number of hydrogen-bond donors (Lipinski definition) is 2. The Morgan fingerprint density at radius 1 is 1.00 bits per heavy atom. The molecule has 4 rings (SSSR count). The van der Waals surface area contributed by atoms with Gasteiger partial charge in [0, 0.05) is 12.1 Å². The summed E-state index contributed by atoms with van der Waals surface area (Å²) >= 11 is 0. The van der Waals surface area contributed by atoms with Crippen LogP contribution in [-0.4, -0.2) is 21.9 Å². The van der Waals surface area contributed by atoms with Crippen molar-refractivity contribution in [3.63, 3.8) is 0 Å². The molecule has 0 atom stereocenters. The molecule has 0 bridgehead atoms. The monoisotopic (exact) mass is 346 g/mol. The second kappa shape index (κ2) is 7.23. The highest BCUT2D eigenvalue weighted by Gasteiger charge is 2.22. The first-order valence-electron chi connectivity index (χ1n) is 8.50. The van der Waals surface area contributed by atoms with E-state index in [1.54, 1.807) is 12.1 Å².